The van der Waals surface area contributed by atoms with Crippen molar-refractivity contribution in [2.45, 2.75) is 19.0 Å². The van der Waals surface area contributed by atoms with E-state index in [1.807, 2.05) is 35.0 Å². The van der Waals surface area contributed by atoms with Gasteiger partial charge in [-0.2, -0.15) is 0 Å². The number of Topliss-reactive ketones (excluding diaryl/α,β-unsaturated/α-hetero) is 1. The van der Waals surface area contributed by atoms with Gasteiger partial charge in [-0.15, -0.1) is 0 Å². The normalized spacial score (nSPS) is 18.0. The number of halogens is 2. The molecule has 1 atom stereocenters. The van der Waals surface area contributed by atoms with Gasteiger partial charge < -0.3 is 14.6 Å². The molecule has 4 rings (SSSR count). The third-order valence-corrected chi connectivity index (χ3v) is 6.22. The molecular weight excluding hydrogens is 526 g/mol. The van der Waals surface area contributed by atoms with E-state index in [0.29, 0.717) is 25.1 Å². The predicted octanol–water partition coefficient (Wildman–Crippen LogP) is 4.92. The first-order chi connectivity index (χ1) is 15.0. The van der Waals surface area contributed by atoms with Crippen LogP contribution in [0.3, 0.4) is 0 Å². The molecule has 31 heavy (non-hydrogen) atoms. The molecule has 0 radical (unpaired) electrons. The molecule has 0 spiro atoms. The lowest BCUT2D eigenvalue weighted by atomic mass is 9.95. The van der Waals surface area contributed by atoms with Crippen molar-refractivity contribution in [1.29, 1.82) is 0 Å². The second-order valence-corrected chi connectivity index (χ2v) is 9.04. The number of likely N-dealkylation sites (tertiary alicyclic amines) is 1. The van der Waals surface area contributed by atoms with Gasteiger partial charge in [0.25, 0.3) is 11.7 Å². The lowest BCUT2D eigenvalue weighted by Crippen LogP contribution is -2.31. The monoisotopic (exact) mass is 543 g/mol. The summed E-state index contributed by atoms with van der Waals surface area (Å²) in [6.07, 6.45) is 5.92. The first-order valence-electron chi connectivity index (χ1n) is 9.71. The second kappa shape index (κ2) is 9.20. The number of rotatable bonds is 6. The molecule has 1 aromatic heterocycles. The third-order valence-electron chi connectivity index (χ3n) is 5.20. The maximum atomic E-state index is 13.0. The fourth-order valence-electron chi connectivity index (χ4n) is 3.74. The first kappa shape index (κ1) is 21.5. The average molecular weight is 545 g/mol. The fraction of sp³-hybridized carbons (Fsp3) is 0.174. The van der Waals surface area contributed by atoms with E-state index in [2.05, 4.69) is 36.8 Å². The van der Waals surface area contributed by atoms with Crippen molar-refractivity contribution in [1.82, 2.24) is 14.5 Å². The van der Waals surface area contributed by atoms with Gasteiger partial charge in [-0.1, -0.05) is 56.1 Å². The van der Waals surface area contributed by atoms with Crippen LogP contribution < -0.4 is 0 Å². The van der Waals surface area contributed by atoms with Gasteiger partial charge in [0.05, 0.1) is 17.9 Å². The van der Waals surface area contributed by atoms with Gasteiger partial charge in [-0.3, -0.25) is 9.59 Å². The quantitative estimate of drug-likeness (QED) is 0.271. The number of benzene rings is 2. The van der Waals surface area contributed by atoms with Crippen LogP contribution in [0.4, 0.5) is 0 Å². The van der Waals surface area contributed by atoms with Crippen molar-refractivity contribution in [3.63, 3.8) is 0 Å². The highest BCUT2D eigenvalue weighted by molar-refractivity contribution is 9.10. The van der Waals surface area contributed by atoms with E-state index in [1.165, 1.54) is 0 Å². The minimum atomic E-state index is -0.673. The largest absolute Gasteiger partial charge is 0.507 e. The van der Waals surface area contributed by atoms with Gasteiger partial charge in [0, 0.05) is 40.0 Å². The molecule has 0 saturated carbocycles. The summed E-state index contributed by atoms with van der Waals surface area (Å²) in [4.78, 5) is 31.5. The number of carbonyl (C=O) groups is 2. The Morgan fingerprint density at radius 1 is 1.03 bits per heavy atom. The standard InChI is InChI=1S/C23H19Br2N3O3/c24-17-7-5-15(6-8-17)21(29)19-20(16-3-1-4-18(25)13-16)28(23(31)22(19)30)11-2-10-27-12-9-26-14-27/h1,3-9,12-14,20,29H,2,10-11H2. The Bertz CT molecular complexity index is 1140. The molecule has 1 saturated heterocycles. The van der Waals surface area contributed by atoms with Crippen LogP contribution in [0.25, 0.3) is 5.76 Å². The number of aryl methyl sites for hydroxylation is 1. The number of ketones is 1. The molecule has 6 nitrogen and oxygen atoms in total. The molecule has 1 N–H and O–H groups in total. The molecule has 8 heteroatoms. The van der Waals surface area contributed by atoms with Crippen LogP contribution in [0, 0.1) is 0 Å². The molecule has 1 unspecified atom stereocenters. The van der Waals surface area contributed by atoms with Gasteiger partial charge in [-0.05, 0) is 36.2 Å². The lowest BCUT2D eigenvalue weighted by molar-refractivity contribution is -0.139. The maximum absolute atomic E-state index is 13.0. The van der Waals surface area contributed by atoms with Crippen molar-refractivity contribution in [3.8, 4) is 0 Å². The van der Waals surface area contributed by atoms with E-state index in [1.54, 1.807) is 41.7 Å². The van der Waals surface area contributed by atoms with E-state index < -0.39 is 17.7 Å². The number of imidazole rings is 1. The minimum Gasteiger partial charge on any atom is -0.507 e. The molecule has 1 aliphatic rings. The van der Waals surface area contributed by atoms with Crippen LogP contribution in [-0.2, 0) is 16.1 Å². The summed E-state index contributed by atoms with van der Waals surface area (Å²) in [7, 11) is 0. The van der Waals surface area contributed by atoms with E-state index in [4.69, 9.17) is 0 Å². The zero-order chi connectivity index (χ0) is 22.0. The van der Waals surface area contributed by atoms with Crippen molar-refractivity contribution < 1.29 is 14.7 Å². The van der Waals surface area contributed by atoms with Crippen LogP contribution in [-0.4, -0.2) is 37.8 Å². The minimum absolute atomic E-state index is 0.105. The molecule has 3 aromatic rings. The highest BCUT2D eigenvalue weighted by atomic mass is 79.9. The zero-order valence-electron chi connectivity index (χ0n) is 16.4. The van der Waals surface area contributed by atoms with Crippen molar-refractivity contribution >= 4 is 49.3 Å². The van der Waals surface area contributed by atoms with Crippen molar-refractivity contribution in [3.05, 3.63) is 92.9 Å². The molecular formula is C23H19Br2N3O3. The predicted molar refractivity (Wildman–Crippen MR) is 124 cm³/mol. The summed E-state index contributed by atoms with van der Waals surface area (Å²) >= 11 is 6.84. The Morgan fingerprint density at radius 2 is 1.81 bits per heavy atom. The van der Waals surface area contributed by atoms with E-state index >= 15 is 0 Å². The van der Waals surface area contributed by atoms with Crippen LogP contribution in [0.1, 0.15) is 23.6 Å². The summed E-state index contributed by atoms with van der Waals surface area (Å²) in [6, 6.07) is 13.8. The summed E-state index contributed by atoms with van der Waals surface area (Å²) in [5.74, 6) is -1.45. The molecule has 0 bridgehead atoms. The molecule has 158 valence electrons. The number of hydrogen-bond acceptors (Lipinski definition) is 4. The molecule has 1 fully saturated rings. The fourth-order valence-corrected chi connectivity index (χ4v) is 4.42. The number of carbonyl (C=O) groups excluding carboxylic acids is 2. The maximum Gasteiger partial charge on any atom is 0.295 e. The molecule has 1 amide bonds. The summed E-state index contributed by atoms with van der Waals surface area (Å²) in [6.45, 7) is 1.04. The number of aliphatic hydroxyl groups excluding tert-OH is 1. The average Bonchev–Trinajstić information content (AvgIpc) is 3.36. The number of aromatic nitrogens is 2. The third kappa shape index (κ3) is 4.50. The van der Waals surface area contributed by atoms with Crippen LogP contribution in [0.15, 0.2) is 81.8 Å². The summed E-state index contributed by atoms with van der Waals surface area (Å²) in [5, 5.41) is 11.0. The van der Waals surface area contributed by atoms with E-state index in [9.17, 15) is 14.7 Å². The van der Waals surface area contributed by atoms with Gasteiger partial charge in [-0.25, -0.2) is 4.98 Å². The number of amides is 1. The van der Waals surface area contributed by atoms with E-state index in [0.717, 1.165) is 14.5 Å². The summed E-state index contributed by atoms with van der Waals surface area (Å²) in [5.41, 5.74) is 1.35. The lowest BCUT2D eigenvalue weighted by Gasteiger charge is -2.25. The van der Waals surface area contributed by atoms with Crippen LogP contribution >= 0.6 is 31.9 Å². The van der Waals surface area contributed by atoms with Crippen LogP contribution in [0.5, 0.6) is 0 Å². The molecule has 1 aliphatic heterocycles. The highest BCUT2D eigenvalue weighted by Crippen LogP contribution is 2.40. The molecule has 2 aromatic carbocycles. The number of nitrogens with zero attached hydrogens (tertiary/aromatic N) is 3. The van der Waals surface area contributed by atoms with Gasteiger partial charge in [0.15, 0.2) is 0 Å². The number of aliphatic hydroxyl groups is 1. The number of hydrogen-bond donors (Lipinski definition) is 1. The molecule has 0 aliphatic carbocycles. The zero-order valence-corrected chi connectivity index (χ0v) is 19.6. The van der Waals surface area contributed by atoms with Crippen LogP contribution in [0.2, 0.25) is 0 Å². The summed E-state index contributed by atoms with van der Waals surface area (Å²) < 4.78 is 3.61. The molecule has 2 heterocycles. The Balaban J connectivity index is 1.73. The highest BCUT2D eigenvalue weighted by Gasteiger charge is 2.45. The Morgan fingerprint density at radius 3 is 2.48 bits per heavy atom. The Labute approximate surface area is 196 Å². The van der Waals surface area contributed by atoms with Gasteiger partial charge in [0.2, 0.25) is 0 Å². The van der Waals surface area contributed by atoms with Crippen molar-refractivity contribution in [2.24, 2.45) is 0 Å². The van der Waals surface area contributed by atoms with Gasteiger partial charge >= 0.3 is 0 Å². The first-order valence-corrected chi connectivity index (χ1v) is 11.3. The SMILES string of the molecule is O=C1C(=O)N(CCCn2ccnc2)C(c2cccc(Br)c2)C1=C(O)c1ccc(Br)cc1. The van der Waals surface area contributed by atoms with Crippen molar-refractivity contribution in [2.75, 3.05) is 6.54 Å². The Kier molecular flexibility index (Phi) is 6.38. The van der Waals surface area contributed by atoms with E-state index in [-0.39, 0.29) is 11.3 Å². The smallest absolute Gasteiger partial charge is 0.295 e. The Hall–Kier alpha value is -2.71. The van der Waals surface area contributed by atoms with Gasteiger partial charge in [0.1, 0.15) is 5.76 Å². The second-order valence-electron chi connectivity index (χ2n) is 7.21. The topological polar surface area (TPSA) is 75.4 Å².